The molecule has 0 atom stereocenters. The van der Waals surface area contributed by atoms with E-state index in [2.05, 4.69) is 31.5 Å². The van der Waals surface area contributed by atoms with Gasteiger partial charge in [0, 0.05) is 10.0 Å². The van der Waals surface area contributed by atoms with Gasteiger partial charge in [-0.1, -0.05) is 28.1 Å². The number of carbonyl (C=O) groups is 1. The maximum atomic E-state index is 11.3. The van der Waals surface area contributed by atoms with Gasteiger partial charge in [-0.15, -0.1) is 5.10 Å². The Hall–Kier alpha value is -1.76. The number of hydrogen-bond acceptors (Lipinski definition) is 4. The Balaban J connectivity index is 2.56. The fraction of sp³-hybridized carbons (Fsp3) is 0.333. The first-order chi connectivity index (χ1) is 8.84. The van der Waals surface area contributed by atoms with E-state index in [0.29, 0.717) is 5.82 Å². The molecule has 0 aliphatic rings. The second kappa shape index (κ2) is 4.73. The molecule has 2 aromatic rings. The highest BCUT2D eigenvalue weighted by atomic mass is 79.9. The van der Waals surface area contributed by atoms with Gasteiger partial charge in [0.1, 0.15) is 0 Å². The van der Waals surface area contributed by atoms with Crippen LogP contribution in [0.4, 0.5) is 0 Å². The van der Waals surface area contributed by atoms with Crippen molar-refractivity contribution in [3.05, 3.63) is 28.2 Å². The minimum Gasteiger partial charge on any atom is -0.479 e. The number of benzene rings is 1. The predicted octanol–water partition coefficient (Wildman–Crippen LogP) is 2.23. The summed E-state index contributed by atoms with van der Waals surface area (Å²) in [6, 6.07) is 5.65. The van der Waals surface area contributed by atoms with Gasteiger partial charge in [-0.3, -0.25) is 0 Å². The summed E-state index contributed by atoms with van der Waals surface area (Å²) in [7, 11) is 0. The van der Waals surface area contributed by atoms with Crippen LogP contribution in [0.2, 0.25) is 0 Å². The van der Waals surface area contributed by atoms with Crippen molar-refractivity contribution in [1.29, 1.82) is 0 Å². The fourth-order valence-electron chi connectivity index (χ4n) is 1.57. The van der Waals surface area contributed by atoms with Crippen LogP contribution >= 0.6 is 15.9 Å². The van der Waals surface area contributed by atoms with Crippen LogP contribution in [-0.2, 0) is 10.3 Å². The van der Waals surface area contributed by atoms with Crippen LogP contribution in [0, 0.1) is 6.92 Å². The smallest absolute Gasteiger partial charge is 0.331 e. The van der Waals surface area contributed by atoms with E-state index in [-0.39, 0.29) is 0 Å². The average molecular weight is 325 g/mol. The van der Waals surface area contributed by atoms with E-state index in [1.54, 1.807) is 13.8 Å². The molecular weight excluding hydrogens is 312 g/mol. The molecule has 6 nitrogen and oxygen atoms in total. The number of aryl methyl sites for hydroxylation is 1. The summed E-state index contributed by atoms with van der Waals surface area (Å²) in [6.07, 6.45) is 0. The van der Waals surface area contributed by atoms with Gasteiger partial charge in [0.25, 0.3) is 0 Å². The van der Waals surface area contributed by atoms with E-state index in [9.17, 15) is 9.90 Å². The quantitative estimate of drug-likeness (QED) is 0.936. The largest absolute Gasteiger partial charge is 0.479 e. The summed E-state index contributed by atoms with van der Waals surface area (Å²) in [5.74, 6) is -0.569. The number of rotatable bonds is 3. The van der Waals surface area contributed by atoms with E-state index in [4.69, 9.17) is 0 Å². The topological polar surface area (TPSA) is 80.9 Å². The number of carboxylic acids is 1. The summed E-state index contributed by atoms with van der Waals surface area (Å²) < 4.78 is 2.24. The maximum absolute atomic E-state index is 11.3. The van der Waals surface area contributed by atoms with Crippen LogP contribution in [0.1, 0.15) is 19.4 Å². The molecular formula is C12H13BrN4O2. The molecule has 19 heavy (non-hydrogen) atoms. The molecule has 1 aromatic carbocycles. The molecule has 0 aliphatic heterocycles. The van der Waals surface area contributed by atoms with E-state index in [1.165, 1.54) is 4.68 Å². The summed E-state index contributed by atoms with van der Waals surface area (Å²) in [5.41, 5.74) is 0.632. The summed E-state index contributed by atoms with van der Waals surface area (Å²) in [6.45, 7) is 5.08. The Bertz CT molecular complexity index is 636. The van der Waals surface area contributed by atoms with Crippen molar-refractivity contribution >= 4 is 21.9 Å². The van der Waals surface area contributed by atoms with Gasteiger partial charge in [0.15, 0.2) is 11.4 Å². The van der Waals surface area contributed by atoms with Gasteiger partial charge < -0.3 is 5.11 Å². The Morgan fingerprint density at radius 2 is 2.11 bits per heavy atom. The van der Waals surface area contributed by atoms with Gasteiger partial charge in [-0.2, -0.15) is 0 Å². The Morgan fingerprint density at radius 3 is 2.68 bits per heavy atom. The molecule has 0 unspecified atom stereocenters. The summed E-state index contributed by atoms with van der Waals surface area (Å²) in [4.78, 5) is 11.3. The molecule has 0 bridgehead atoms. The number of aliphatic carboxylic acids is 1. The van der Waals surface area contributed by atoms with Gasteiger partial charge in [0.2, 0.25) is 0 Å². The van der Waals surface area contributed by atoms with Crippen LogP contribution < -0.4 is 0 Å². The molecule has 7 heteroatoms. The fourth-order valence-corrected chi connectivity index (χ4v) is 1.94. The van der Waals surface area contributed by atoms with E-state index in [1.807, 2.05) is 25.1 Å². The second-order valence-corrected chi connectivity index (χ2v) is 5.60. The van der Waals surface area contributed by atoms with Crippen molar-refractivity contribution in [2.45, 2.75) is 26.3 Å². The first-order valence-corrected chi connectivity index (χ1v) is 6.42. The molecule has 0 aliphatic carbocycles. The minimum atomic E-state index is -1.21. The Kier molecular flexibility index (Phi) is 3.40. The maximum Gasteiger partial charge on any atom is 0.331 e. The average Bonchev–Trinajstić information content (AvgIpc) is 2.82. The van der Waals surface area contributed by atoms with Crippen LogP contribution in [0.25, 0.3) is 11.4 Å². The predicted molar refractivity (Wildman–Crippen MR) is 72.6 cm³/mol. The third kappa shape index (κ3) is 2.37. The van der Waals surface area contributed by atoms with Gasteiger partial charge in [0.05, 0.1) is 0 Å². The highest BCUT2D eigenvalue weighted by molar-refractivity contribution is 9.10. The molecule has 0 fully saturated rings. The Morgan fingerprint density at radius 1 is 1.42 bits per heavy atom. The molecule has 0 saturated carbocycles. The minimum absolute atomic E-state index is 0.424. The van der Waals surface area contributed by atoms with Crippen molar-refractivity contribution in [3.8, 4) is 11.4 Å². The van der Waals surface area contributed by atoms with Gasteiger partial charge in [-0.25, -0.2) is 9.48 Å². The van der Waals surface area contributed by atoms with Crippen LogP contribution in [0.3, 0.4) is 0 Å². The van der Waals surface area contributed by atoms with Crippen molar-refractivity contribution in [2.24, 2.45) is 0 Å². The van der Waals surface area contributed by atoms with E-state index in [0.717, 1.165) is 15.6 Å². The van der Waals surface area contributed by atoms with E-state index < -0.39 is 11.5 Å². The molecule has 0 radical (unpaired) electrons. The van der Waals surface area contributed by atoms with Crippen LogP contribution in [0.15, 0.2) is 22.7 Å². The lowest BCUT2D eigenvalue weighted by atomic mass is 10.1. The molecule has 0 saturated heterocycles. The molecule has 1 aromatic heterocycles. The van der Waals surface area contributed by atoms with Crippen molar-refractivity contribution in [2.75, 3.05) is 0 Å². The second-order valence-electron chi connectivity index (χ2n) is 4.74. The first-order valence-electron chi connectivity index (χ1n) is 5.63. The molecule has 1 heterocycles. The van der Waals surface area contributed by atoms with Crippen molar-refractivity contribution < 1.29 is 9.90 Å². The molecule has 2 rings (SSSR count). The lowest BCUT2D eigenvalue weighted by Gasteiger charge is -2.20. The molecule has 100 valence electrons. The zero-order valence-electron chi connectivity index (χ0n) is 10.8. The number of halogens is 1. The molecule has 0 amide bonds. The van der Waals surface area contributed by atoms with Gasteiger partial charge >= 0.3 is 5.97 Å². The third-order valence-corrected chi connectivity index (χ3v) is 3.81. The molecule has 0 spiro atoms. The summed E-state index contributed by atoms with van der Waals surface area (Å²) >= 11 is 3.44. The zero-order chi connectivity index (χ0) is 14.2. The number of nitrogens with zero attached hydrogens (tertiary/aromatic N) is 4. The lowest BCUT2D eigenvalue weighted by molar-refractivity contribution is -0.146. The lowest BCUT2D eigenvalue weighted by Crippen LogP contribution is -2.37. The number of aromatic nitrogens is 4. The highest BCUT2D eigenvalue weighted by Gasteiger charge is 2.33. The summed E-state index contributed by atoms with van der Waals surface area (Å²) in [5, 5.41) is 20.6. The van der Waals surface area contributed by atoms with Crippen molar-refractivity contribution in [1.82, 2.24) is 20.2 Å². The van der Waals surface area contributed by atoms with Gasteiger partial charge in [-0.05, 0) is 42.8 Å². The van der Waals surface area contributed by atoms with E-state index >= 15 is 0 Å². The van der Waals surface area contributed by atoms with Crippen molar-refractivity contribution in [3.63, 3.8) is 0 Å². The Labute approximate surface area is 118 Å². The molecule has 1 N–H and O–H groups in total. The van der Waals surface area contributed by atoms with Crippen LogP contribution in [-0.4, -0.2) is 31.3 Å². The highest BCUT2D eigenvalue weighted by Crippen LogP contribution is 2.27. The monoisotopic (exact) mass is 324 g/mol. The normalized spacial score (nSPS) is 11.6. The third-order valence-electron chi connectivity index (χ3n) is 2.95. The first kappa shape index (κ1) is 13.7. The number of tetrazole rings is 1. The number of hydrogen-bond donors (Lipinski definition) is 1. The zero-order valence-corrected chi connectivity index (χ0v) is 12.3. The standard InChI is InChI=1S/C12H13BrN4O2/c1-7-4-5-8(6-9(7)13)10-14-15-16-17(10)12(2,3)11(18)19/h4-6H,1-3H3,(H,18,19). The number of carboxylic acid groups (broad SMARTS) is 1. The SMILES string of the molecule is Cc1ccc(-c2nnnn2C(C)(C)C(=O)O)cc1Br. The van der Waals surface area contributed by atoms with Crippen LogP contribution in [0.5, 0.6) is 0 Å².